The predicted octanol–water partition coefficient (Wildman–Crippen LogP) is 3.51. The number of alkyl halides is 3. The van der Waals surface area contributed by atoms with Crippen LogP contribution in [0.4, 0.5) is 29.3 Å². The first-order valence-electron chi connectivity index (χ1n) is 8.14. The molecule has 0 aromatic heterocycles. The van der Waals surface area contributed by atoms with Gasteiger partial charge in [0.1, 0.15) is 0 Å². The van der Waals surface area contributed by atoms with Crippen molar-refractivity contribution in [2.75, 3.05) is 48.0 Å². The second-order valence-corrected chi connectivity index (χ2v) is 7.31. The number of nitrogens with one attached hydrogen (secondary N) is 2. The van der Waals surface area contributed by atoms with Gasteiger partial charge in [-0.25, -0.2) is 4.79 Å². The molecule has 11 heteroatoms. The summed E-state index contributed by atoms with van der Waals surface area (Å²) in [4.78, 5) is 25.1. The Labute approximate surface area is 163 Å². The summed E-state index contributed by atoms with van der Waals surface area (Å²) >= 11 is 8.19. The molecule has 27 heavy (non-hydrogen) atoms. The van der Waals surface area contributed by atoms with Gasteiger partial charge in [-0.05, 0) is 18.2 Å². The summed E-state index contributed by atoms with van der Waals surface area (Å²) in [6.45, 7) is -0.0102. The Bertz CT molecular complexity index is 670. The monoisotopic (exact) mass is 425 g/mol. The van der Waals surface area contributed by atoms with Crippen LogP contribution in [-0.2, 0) is 9.53 Å². The summed E-state index contributed by atoms with van der Waals surface area (Å²) in [5.74, 6) is 1.66. The molecule has 6 nitrogen and oxygen atoms in total. The van der Waals surface area contributed by atoms with E-state index in [4.69, 9.17) is 11.6 Å². The zero-order valence-corrected chi connectivity index (χ0v) is 15.8. The first kappa shape index (κ1) is 21.5. The molecule has 2 amide bonds. The van der Waals surface area contributed by atoms with Crippen molar-refractivity contribution in [3.63, 3.8) is 0 Å². The van der Waals surface area contributed by atoms with Gasteiger partial charge in [-0.15, -0.1) is 0 Å². The van der Waals surface area contributed by atoms with Gasteiger partial charge >= 0.3 is 12.3 Å². The molecule has 1 aliphatic rings. The molecule has 0 bridgehead atoms. The van der Waals surface area contributed by atoms with Gasteiger partial charge in [0.25, 0.3) is 0 Å². The van der Waals surface area contributed by atoms with Crippen LogP contribution in [0.1, 0.15) is 6.42 Å². The summed E-state index contributed by atoms with van der Waals surface area (Å²) < 4.78 is 39.7. The number of hydrogen-bond acceptors (Lipinski definition) is 5. The van der Waals surface area contributed by atoms with Crippen molar-refractivity contribution in [3.05, 3.63) is 23.2 Å². The highest BCUT2D eigenvalue weighted by Gasteiger charge is 2.29. The van der Waals surface area contributed by atoms with E-state index in [0.29, 0.717) is 10.7 Å². The molecule has 1 aromatic carbocycles. The average Bonchev–Trinajstić information content (AvgIpc) is 2.60. The average molecular weight is 426 g/mol. The summed E-state index contributed by atoms with van der Waals surface area (Å²) in [6, 6.07) is 5.20. The maximum absolute atomic E-state index is 11.9. The fourth-order valence-corrected chi connectivity index (χ4v) is 3.55. The number of carbonyl (C=O) groups is 2. The molecule has 0 unspecified atom stereocenters. The van der Waals surface area contributed by atoms with Crippen LogP contribution in [0.15, 0.2) is 18.2 Å². The summed E-state index contributed by atoms with van der Waals surface area (Å²) in [6.07, 6.45) is -5.94. The summed E-state index contributed by atoms with van der Waals surface area (Å²) in [5.41, 5.74) is 1.41. The Balaban J connectivity index is 1.75. The maximum atomic E-state index is 11.9. The largest absolute Gasteiger partial charge is 0.440 e. The minimum Gasteiger partial charge on any atom is -0.440 e. The third kappa shape index (κ3) is 7.76. The zero-order valence-electron chi connectivity index (χ0n) is 14.3. The minimum atomic E-state index is -4.59. The van der Waals surface area contributed by atoms with Crippen LogP contribution in [-0.4, -0.2) is 55.9 Å². The van der Waals surface area contributed by atoms with E-state index < -0.39 is 24.8 Å². The van der Waals surface area contributed by atoms with Crippen LogP contribution < -0.4 is 15.5 Å². The highest BCUT2D eigenvalue weighted by molar-refractivity contribution is 7.99. The molecule has 2 N–H and O–H groups in total. The third-order valence-electron chi connectivity index (χ3n) is 3.57. The molecular weight excluding hydrogens is 407 g/mol. The lowest BCUT2D eigenvalue weighted by atomic mass is 10.2. The van der Waals surface area contributed by atoms with Gasteiger partial charge in [-0.3, -0.25) is 4.79 Å². The summed E-state index contributed by atoms with van der Waals surface area (Å²) in [5, 5.41) is 5.23. The van der Waals surface area contributed by atoms with E-state index in [1.807, 2.05) is 17.8 Å². The third-order valence-corrected chi connectivity index (χ3v) is 4.82. The van der Waals surface area contributed by atoms with E-state index >= 15 is 0 Å². The second kappa shape index (κ2) is 9.93. The molecule has 1 heterocycles. The fourth-order valence-electron chi connectivity index (χ4n) is 2.35. The Morgan fingerprint density at radius 1 is 1.26 bits per heavy atom. The molecule has 0 aliphatic carbocycles. The number of anilines is 2. The molecule has 2 rings (SSSR count). The Morgan fingerprint density at radius 2 is 1.96 bits per heavy atom. The number of rotatable bonds is 6. The van der Waals surface area contributed by atoms with E-state index in [1.165, 1.54) is 0 Å². The smallest absolute Gasteiger partial charge is 0.422 e. The van der Waals surface area contributed by atoms with Crippen molar-refractivity contribution in [2.45, 2.75) is 12.6 Å². The number of ether oxygens (including phenoxy) is 1. The van der Waals surface area contributed by atoms with E-state index in [-0.39, 0.29) is 13.0 Å². The van der Waals surface area contributed by atoms with Crippen LogP contribution in [0.2, 0.25) is 5.02 Å². The van der Waals surface area contributed by atoms with Gasteiger partial charge in [0.2, 0.25) is 5.91 Å². The summed E-state index contributed by atoms with van der Waals surface area (Å²) in [7, 11) is 0. The van der Waals surface area contributed by atoms with E-state index in [0.717, 1.165) is 30.3 Å². The van der Waals surface area contributed by atoms with Crippen LogP contribution in [0, 0.1) is 0 Å². The first-order chi connectivity index (χ1) is 12.7. The Morgan fingerprint density at radius 3 is 2.59 bits per heavy atom. The lowest BCUT2D eigenvalue weighted by Gasteiger charge is -2.29. The van der Waals surface area contributed by atoms with Crippen LogP contribution in [0.5, 0.6) is 0 Å². The SMILES string of the molecule is O=C(CCNC(=O)OCC(F)(F)F)Nc1ccc(N2CCSCC2)c(Cl)c1. The van der Waals surface area contributed by atoms with Crippen LogP contribution in [0.3, 0.4) is 0 Å². The van der Waals surface area contributed by atoms with Gasteiger partial charge in [0.05, 0.1) is 10.7 Å². The van der Waals surface area contributed by atoms with Gasteiger partial charge in [-0.2, -0.15) is 24.9 Å². The van der Waals surface area contributed by atoms with Crippen molar-refractivity contribution in [2.24, 2.45) is 0 Å². The van der Waals surface area contributed by atoms with Crippen LogP contribution >= 0.6 is 23.4 Å². The van der Waals surface area contributed by atoms with Gasteiger partial charge in [-0.1, -0.05) is 11.6 Å². The Hall–Kier alpha value is -1.81. The predicted molar refractivity (Wildman–Crippen MR) is 99.6 cm³/mol. The van der Waals surface area contributed by atoms with Crippen molar-refractivity contribution < 1.29 is 27.5 Å². The van der Waals surface area contributed by atoms with Gasteiger partial charge in [0, 0.05) is 43.2 Å². The molecule has 1 aliphatic heterocycles. The van der Waals surface area contributed by atoms with Crippen molar-refractivity contribution in [1.82, 2.24) is 5.32 Å². The number of carbonyl (C=O) groups excluding carboxylic acids is 2. The van der Waals surface area contributed by atoms with Crippen molar-refractivity contribution >= 4 is 46.7 Å². The number of thioether (sulfide) groups is 1. The zero-order chi connectivity index (χ0) is 19.9. The highest BCUT2D eigenvalue weighted by atomic mass is 35.5. The first-order valence-corrected chi connectivity index (χ1v) is 9.67. The second-order valence-electron chi connectivity index (χ2n) is 5.68. The minimum absolute atomic E-state index is 0.121. The number of benzene rings is 1. The van der Waals surface area contributed by atoms with Gasteiger partial charge in [0.15, 0.2) is 6.61 Å². The normalized spacial score (nSPS) is 14.6. The number of hydrogen-bond donors (Lipinski definition) is 2. The Kier molecular flexibility index (Phi) is 7.91. The lowest BCUT2D eigenvalue weighted by Crippen LogP contribution is -2.32. The molecule has 1 fully saturated rings. The molecular formula is C16H19ClF3N3O3S. The topological polar surface area (TPSA) is 70.7 Å². The highest BCUT2D eigenvalue weighted by Crippen LogP contribution is 2.30. The standard InChI is InChI=1S/C16H19ClF3N3O3S/c17-12-9-11(1-2-13(12)23-5-7-27-8-6-23)22-14(24)3-4-21-15(25)26-10-16(18,19)20/h1-2,9H,3-8,10H2,(H,21,25)(H,22,24). The van der Waals surface area contributed by atoms with Crippen molar-refractivity contribution in [1.29, 1.82) is 0 Å². The number of halogens is 4. The number of alkyl carbamates (subject to hydrolysis) is 1. The molecule has 0 atom stereocenters. The van der Waals surface area contributed by atoms with E-state index in [2.05, 4.69) is 20.3 Å². The van der Waals surface area contributed by atoms with Crippen LogP contribution in [0.25, 0.3) is 0 Å². The maximum Gasteiger partial charge on any atom is 0.422 e. The van der Waals surface area contributed by atoms with Gasteiger partial charge < -0.3 is 20.3 Å². The van der Waals surface area contributed by atoms with E-state index in [9.17, 15) is 22.8 Å². The fraction of sp³-hybridized carbons (Fsp3) is 0.500. The molecule has 0 spiro atoms. The number of amides is 2. The molecule has 1 aromatic rings. The number of nitrogens with zero attached hydrogens (tertiary/aromatic N) is 1. The lowest BCUT2D eigenvalue weighted by molar-refractivity contribution is -0.160. The van der Waals surface area contributed by atoms with Crippen molar-refractivity contribution in [3.8, 4) is 0 Å². The van der Waals surface area contributed by atoms with E-state index in [1.54, 1.807) is 12.1 Å². The molecule has 1 saturated heterocycles. The quantitative estimate of drug-likeness (QED) is 0.730. The molecule has 0 radical (unpaired) electrons. The molecule has 150 valence electrons. The molecule has 0 saturated carbocycles.